The molecule has 0 saturated heterocycles. The van der Waals surface area contributed by atoms with Crippen molar-refractivity contribution in [3.05, 3.63) is 76.0 Å². The molecule has 0 aliphatic carbocycles. The van der Waals surface area contributed by atoms with Crippen molar-refractivity contribution in [2.75, 3.05) is 12.4 Å². The number of nitrogens with zero attached hydrogens (tertiary/aromatic N) is 1. The topological polar surface area (TPSA) is 124 Å². The van der Waals surface area contributed by atoms with Crippen LogP contribution in [-0.4, -0.2) is 34.5 Å². The Labute approximate surface area is 180 Å². The van der Waals surface area contributed by atoms with Gasteiger partial charge in [0.15, 0.2) is 5.78 Å². The summed E-state index contributed by atoms with van der Waals surface area (Å²) in [6, 6.07) is 11.8. The van der Waals surface area contributed by atoms with E-state index in [1.807, 2.05) is 0 Å². The number of hydrogen-bond acceptors (Lipinski definition) is 6. The lowest BCUT2D eigenvalue weighted by atomic mass is 10.0. The van der Waals surface area contributed by atoms with E-state index < -0.39 is 17.8 Å². The number of methoxy groups -OCH3 is 1. The summed E-state index contributed by atoms with van der Waals surface area (Å²) >= 11 is 1.39. The molecule has 4 aromatic rings. The fourth-order valence-electron chi connectivity index (χ4n) is 3.29. The summed E-state index contributed by atoms with van der Waals surface area (Å²) in [5.41, 5.74) is 6.74. The molecular formula is C22H17N3O5S. The highest BCUT2D eigenvalue weighted by molar-refractivity contribution is 7.08. The Hall–Kier alpha value is -4.11. The van der Waals surface area contributed by atoms with Crippen molar-refractivity contribution in [2.24, 2.45) is 5.73 Å². The van der Waals surface area contributed by atoms with E-state index in [0.717, 1.165) is 4.57 Å². The van der Waals surface area contributed by atoms with Gasteiger partial charge in [0.05, 0.1) is 12.6 Å². The molecule has 2 aromatic carbocycles. The number of nitrogens with two attached hydrogens (primary N) is 1. The molecule has 2 heterocycles. The zero-order valence-corrected chi connectivity index (χ0v) is 17.1. The number of aromatic hydroxyl groups is 1. The van der Waals surface area contributed by atoms with Gasteiger partial charge in [0.25, 0.3) is 5.91 Å². The van der Waals surface area contributed by atoms with Crippen LogP contribution in [0.3, 0.4) is 0 Å². The third-order valence-electron chi connectivity index (χ3n) is 4.78. The van der Waals surface area contributed by atoms with Crippen LogP contribution in [-0.2, 0) is 0 Å². The number of aromatic nitrogens is 1. The second-order valence-corrected chi connectivity index (χ2v) is 7.41. The van der Waals surface area contributed by atoms with Crippen molar-refractivity contribution >= 4 is 45.6 Å². The fourth-order valence-corrected chi connectivity index (χ4v) is 3.93. The van der Waals surface area contributed by atoms with Gasteiger partial charge in [0.2, 0.25) is 5.88 Å². The zero-order valence-electron chi connectivity index (χ0n) is 16.3. The molecule has 0 saturated carbocycles. The first-order valence-electron chi connectivity index (χ1n) is 9.10. The van der Waals surface area contributed by atoms with Crippen LogP contribution in [0.1, 0.15) is 26.3 Å². The highest BCUT2D eigenvalue weighted by Gasteiger charge is 2.26. The van der Waals surface area contributed by atoms with Crippen LogP contribution in [0.15, 0.2) is 59.3 Å². The molecule has 156 valence electrons. The first kappa shape index (κ1) is 20.2. The van der Waals surface area contributed by atoms with Gasteiger partial charge in [-0.25, -0.2) is 9.36 Å². The summed E-state index contributed by atoms with van der Waals surface area (Å²) in [6.45, 7) is 0. The van der Waals surface area contributed by atoms with Crippen LogP contribution in [0.4, 0.5) is 10.5 Å². The molecule has 9 heteroatoms. The van der Waals surface area contributed by atoms with Crippen molar-refractivity contribution in [2.45, 2.75) is 0 Å². The molecule has 0 unspecified atom stereocenters. The summed E-state index contributed by atoms with van der Waals surface area (Å²) in [6.07, 6.45) is 0. The van der Waals surface area contributed by atoms with E-state index >= 15 is 0 Å². The minimum absolute atomic E-state index is 0.126. The van der Waals surface area contributed by atoms with Crippen LogP contribution in [0.5, 0.6) is 11.6 Å². The number of thiophene rings is 1. The number of primary amides is 1. The Bertz CT molecular complexity index is 1310. The van der Waals surface area contributed by atoms with Gasteiger partial charge in [0, 0.05) is 27.6 Å². The number of fused-ring (bicyclic) bond motifs is 1. The fraction of sp³-hybridized carbons (Fsp3) is 0.0455. The quantitative estimate of drug-likeness (QED) is 0.411. The number of carbonyl (C=O) groups is 3. The molecule has 0 atom stereocenters. The average Bonchev–Trinajstić information content (AvgIpc) is 3.39. The van der Waals surface area contributed by atoms with Crippen LogP contribution in [0.25, 0.3) is 10.9 Å². The third-order valence-corrected chi connectivity index (χ3v) is 5.47. The highest BCUT2D eigenvalue weighted by atomic mass is 32.1. The second kappa shape index (κ2) is 7.96. The molecule has 4 rings (SSSR count). The summed E-state index contributed by atoms with van der Waals surface area (Å²) in [5, 5.41) is 17.1. The lowest BCUT2D eigenvalue weighted by Gasteiger charge is -2.06. The minimum Gasteiger partial charge on any atom is -0.497 e. The monoisotopic (exact) mass is 435 g/mol. The lowest BCUT2D eigenvalue weighted by Crippen LogP contribution is -2.19. The van der Waals surface area contributed by atoms with Gasteiger partial charge in [-0.1, -0.05) is 12.1 Å². The molecule has 0 spiro atoms. The van der Waals surface area contributed by atoms with Crippen molar-refractivity contribution in [1.29, 1.82) is 0 Å². The molecule has 0 bridgehead atoms. The van der Waals surface area contributed by atoms with Gasteiger partial charge in [-0.15, -0.1) is 0 Å². The molecule has 8 nitrogen and oxygen atoms in total. The smallest absolute Gasteiger partial charge is 0.326 e. The molecular weight excluding hydrogens is 418 g/mol. The standard InChI is InChI=1S/C22H17N3O5S/c1-30-15-5-3-14(4-6-15)24-20(27)18-16-7-2-12(19(26)13-8-9-31-11-13)10-17(16)25(21(18)28)22(23)29/h2-11,28H,1H3,(H2,23,29)(H,24,27). The van der Waals surface area contributed by atoms with E-state index in [1.54, 1.807) is 41.1 Å². The van der Waals surface area contributed by atoms with Crippen LogP contribution >= 0.6 is 11.3 Å². The van der Waals surface area contributed by atoms with Gasteiger partial charge in [0.1, 0.15) is 11.3 Å². The first-order chi connectivity index (χ1) is 14.9. The van der Waals surface area contributed by atoms with Crippen molar-refractivity contribution in [1.82, 2.24) is 4.57 Å². The Kier molecular flexibility index (Phi) is 5.18. The maximum absolute atomic E-state index is 12.9. The average molecular weight is 435 g/mol. The van der Waals surface area contributed by atoms with Crippen molar-refractivity contribution in [3.63, 3.8) is 0 Å². The van der Waals surface area contributed by atoms with Crippen molar-refractivity contribution in [3.8, 4) is 11.6 Å². The van der Waals surface area contributed by atoms with Crippen LogP contribution < -0.4 is 15.8 Å². The molecule has 0 fully saturated rings. The third kappa shape index (κ3) is 3.62. The molecule has 2 amide bonds. The molecule has 2 aromatic heterocycles. The SMILES string of the molecule is COc1ccc(NC(=O)c2c(O)n(C(N)=O)c3cc(C(=O)c4ccsc4)ccc23)cc1. The number of benzene rings is 2. The molecule has 4 N–H and O–H groups in total. The number of ether oxygens (including phenoxy) is 1. The summed E-state index contributed by atoms with van der Waals surface area (Å²) < 4.78 is 5.90. The molecule has 0 radical (unpaired) electrons. The van der Waals surface area contributed by atoms with E-state index in [4.69, 9.17) is 10.5 Å². The van der Waals surface area contributed by atoms with Crippen molar-refractivity contribution < 1.29 is 24.2 Å². The van der Waals surface area contributed by atoms with Crippen LogP contribution in [0, 0.1) is 0 Å². The minimum atomic E-state index is -0.980. The Morgan fingerprint density at radius 3 is 2.42 bits per heavy atom. The predicted octanol–water partition coefficient (Wildman–Crippen LogP) is 3.83. The molecule has 0 aliphatic heterocycles. The number of nitrogens with one attached hydrogen (secondary N) is 1. The summed E-state index contributed by atoms with van der Waals surface area (Å²) in [5.74, 6) is -0.865. The Morgan fingerprint density at radius 2 is 1.81 bits per heavy atom. The Balaban J connectivity index is 1.78. The van der Waals surface area contributed by atoms with E-state index in [-0.39, 0.29) is 22.2 Å². The number of carbonyl (C=O) groups excluding carboxylic acids is 3. The maximum Gasteiger partial charge on any atom is 0.326 e. The van der Waals surface area contributed by atoms with E-state index in [1.165, 1.54) is 36.6 Å². The number of hydrogen-bond donors (Lipinski definition) is 3. The van der Waals surface area contributed by atoms with E-state index in [9.17, 15) is 19.5 Å². The van der Waals surface area contributed by atoms with E-state index in [0.29, 0.717) is 22.6 Å². The largest absolute Gasteiger partial charge is 0.497 e. The predicted molar refractivity (Wildman–Crippen MR) is 117 cm³/mol. The normalized spacial score (nSPS) is 10.7. The number of amides is 2. The lowest BCUT2D eigenvalue weighted by molar-refractivity contribution is 0.102. The summed E-state index contributed by atoms with van der Waals surface area (Å²) in [4.78, 5) is 37.6. The highest BCUT2D eigenvalue weighted by Crippen LogP contribution is 2.33. The van der Waals surface area contributed by atoms with Gasteiger partial charge in [-0.3, -0.25) is 9.59 Å². The zero-order chi connectivity index (χ0) is 22.1. The van der Waals surface area contributed by atoms with Gasteiger partial charge < -0.3 is 20.9 Å². The van der Waals surface area contributed by atoms with Gasteiger partial charge in [-0.2, -0.15) is 11.3 Å². The van der Waals surface area contributed by atoms with Gasteiger partial charge in [-0.05, 0) is 41.8 Å². The maximum atomic E-state index is 12.9. The second-order valence-electron chi connectivity index (χ2n) is 6.63. The van der Waals surface area contributed by atoms with E-state index in [2.05, 4.69) is 5.32 Å². The number of ketones is 1. The Morgan fingerprint density at radius 1 is 1.06 bits per heavy atom. The van der Waals surface area contributed by atoms with Crippen LogP contribution in [0.2, 0.25) is 0 Å². The number of rotatable bonds is 5. The molecule has 0 aliphatic rings. The van der Waals surface area contributed by atoms with Gasteiger partial charge >= 0.3 is 6.03 Å². The summed E-state index contributed by atoms with van der Waals surface area (Å²) in [7, 11) is 1.53. The first-order valence-corrected chi connectivity index (χ1v) is 10.0. The molecule has 31 heavy (non-hydrogen) atoms. The number of anilines is 1.